The van der Waals surface area contributed by atoms with Crippen molar-refractivity contribution in [2.75, 3.05) is 13.2 Å². The summed E-state index contributed by atoms with van der Waals surface area (Å²) in [4.78, 5) is 129. The molecule has 0 aliphatic heterocycles. The lowest BCUT2D eigenvalue weighted by Crippen LogP contribution is -2.59. The molecule has 0 aromatic heterocycles. The second-order valence-corrected chi connectivity index (χ2v) is 17.5. The van der Waals surface area contributed by atoms with Crippen LogP contribution >= 0.6 is 0 Å². The number of benzene rings is 3. The number of hydrogen-bond acceptors (Lipinski definition) is 12. The number of fused-ring (bicyclic) bond motifs is 3. The first-order chi connectivity index (χ1) is 33.1. The first-order valence-electron chi connectivity index (χ1n) is 22.5. The molecule has 0 saturated carbocycles. The number of ether oxygens (including phenoxy) is 2. The maximum atomic E-state index is 14.0. The van der Waals surface area contributed by atoms with Crippen molar-refractivity contribution in [3.63, 3.8) is 0 Å². The molecule has 3 aromatic rings. The Bertz CT molecular complexity index is 2350. The van der Waals surface area contributed by atoms with Crippen LogP contribution in [0, 0.1) is 0 Å². The summed E-state index contributed by atoms with van der Waals surface area (Å²) in [6.45, 7) is 4.89. The molecule has 1 aliphatic rings. The van der Waals surface area contributed by atoms with Gasteiger partial charge in [0.1, 0.15) is 42.4 Å². The summed E-state index contributed by atoms with van der Waals surface area (Å²) in [6, 6.07) is 15.1. The van der Waals surface area contributed by atoms with E-state index in [2.05, 4.69) is 31.9 Å². The monoisotopic (exact) mass is 972 g/mol. The summed E-state index contributed by atoms with van der Waals surface area (Å²) in [7, 11) is 0. The highest BCUT2D eigenvalue weighted by atomic mass is 16.6. The van der Waals surface area contributed by atoms with Crippen molar-refractivity contribution in [2.45, 2.75) is 114 Å². The van der Waals surface area contributed by atoms with Gasteiger partial charge in [0.25, 0.3) is 0 Å². The Kier molecular flexibility index (Phi) is 20.2. The molecular formula is C48H60N8O14. The fraction of sp³-hybridized carbons (Fsp3) is 0.417. The molecule has 22 nitrogen and oxygen atoms in total. The van der Waals surface area contributed by atoms with Crippen LogP contribution in [0.25, 0.3) is 11.1 Å². The van der Waals surface area contributed by atoms with Gasteiger partial charge in [-0.1, -0.05) is 78.9 Å². The molecule has 0 fully saturated rings. The van der Waals surface area contributed by atoms with Crippen LogP contribution < -0.4 is 43.4 Å². The topological polar surface area (TPSA) is 354 Å². The van der Waals surface area contributed by atoms with E-state index in [4.69, 9.17) is 20.9 Å². The molecule has 3 aromatic carbocycles. The molecule has 0 saturated heterocycles. The highest BCUT2D eigenvalue weighted by Gasteiger charge is 2.35. The number of carbonyl (C=O) groups excluding carboxylic acids is 8. The van der Waals surface area contributed by atoms with Crippen molar-refractivity contribution in [3.8, 4) is 11.1 Å². The van der Waals surface area contributed by atoms with Gasteiger partial charge in [-0.3, -0.25) is 33.6 Å². The predicted molar refractivity (Wildman–Crippen MR) is 250 cm³/mol. The minimum absolute atomic E-state index is 0.0527. The molecular weight excluding hydrogens is 913 g/mol. The van der Waals surface area contributed by atoms with Gasteiger partial charge in [-0.2, -0.15) is 0 Å². The van der Waals surface area contributed by atoms with Gasteiger partial charge in [0.15, 0.2) is 0 Å². The summed E-state index contributed by atoms with van der Waals surface area (Å²) in [6.07, 6.45) is -4.69. The summed E-state index contributed by atoms with van der Waals surface area (Å²) in [5.41, 5.74) is 14.3. The maximum Gasteiger partial charge on any atom is 0.407 e. The number of nitrogens with two attached hydrogens (primary N) is 2. The Morgan fingerprint density at radius 1 is 0.586 bits per heavy atom. The van der Waals surface area contributed by atoms with E-state index in [1.165, 1.54) is 0 Å². The summed E-state index contributed by atoms with van der Waals surface area (Å²) in [5.74, 6) is -9.70. The van der Waals surface area contributed by atoms with E-state index < -0.39 is 121 Å². The van der Waals surface area contributed by atoms with E-state index in [0.29, 0.717) is 5.56 Å². The van der Waals surface area contributed by atoms with Crippen molar-refractivity contribution in [3.05, 3.63) is 95.6 Å². The van der Waals surface area contributed by atoms with Crippen LogP contribution in [-0.4, -0.2) is 119 Å². The van der Waals surface area contributed by atoms with Gasteiger partial charge in [0, 0.05) is 25.3 Å². The average molecular weight is 973 g/mol. The Hall–Kier alpha value is -8.04. The fourth-order valence-electron chi connectivity index (χ4n) is 7.53. The highest BCUT2D eigenvalue weighted by molar-refractivity contribution is 5.98. The highest BCUT2D eigenvalue weighted by Crippen LogP contribution is 2.44. The van der Waals surface area contributed by atoms with E-state index >= 15 is 0 Å². The summed E-state index contributed by atoms with van der Waals surface area (Å²) in [5, 5.41) is 33.6. The zero-order valence-electron chi connectivity index (χ0n) is 39.0. The summed E-state index contributed by atoms with van der Waals surface area (Å²) >= 11 is 0. The lowest BCUT2D eigenvalue weighted by Gasteiger charge is -2.26. The standard InChI is InChI=1S/C48H60N8O14/c1-48(2,3)70-46(67)51-22-12-11-19-33(41(61)53-34(20-21-40(59)60)42(62)55-37(45(65)66)23-27-13-5-4-6-14-27)52-43(63)35(24-38(49)57)54-44(64)36(25-39(50)58)56-47(68)69-26-32-30-17-9-7-15-28(30)29-16-8-10-18-31(29)32/h4-10,13-18,32-37H,11-12,19-26H2,1-3H3,(H2,49,57)(H2,50,58)(H,51,67)(H,52,63)(H,53,61)(H,54,64)(H,55,62)(H,56,68)(H,59,60)(H,65,66)/t33-,34-,35-,36-,37-/m0/s1. The van der Waals surface area contributed by atoms with E-state index in [9.17, 15) is 58.2 Å². The molecule has 0 heterocycles. The molecule has 5 atom stereocenters. The second kappa shape index (κ2) is 25.9. The fourth-order valence-corrected chi connectivity index (χ4v) is 7.53. The zero-order valence-corrected chi connectivity index (χ0v) is 39.0. The van der Waals surface area contributed by atoms with Gasteiger partial charge in [-0.05, 0) is 74.3 Å². The second-order valence-electron chi connectivity index (χ2n) is 17.5. The minimum Gasteiger partial charge on any atom is -0.481 e. The van der Waals surface area contributed by atoms with Crippen molar-refractivity contribution in [1.29, 1.82) is 0 Å². The van der Waals surface area contributed by atoms with Crippen molar-refractivity contribution in [1.82, 2.24) is 31.9 Å². The van der Waals surface area contributed by atoms with Gasteiger partial charge >= 0.3 is 24.1 Å². The lowest BCUT2D eigenvalue weighted by molar-refractivity contribution is -0.143. The van der Waals surface area contributed by atoms with Crippen LogP contribution in [0.2, 0.25) is 0 Å². The molecule has 4 rings (SSSR count). The number of carbonyl (C=O) groups is 10. The van der Waals surface area contributed by atoms with E-state index in [1.807, 2.05) is 48.5 Å². The Morgan fingerprint density at radius 2 is 1.06 bits per heavy atom. The number of hydrogen-bond donors (Lipinski definition) is 10. The van der Waals surface area contributed by atoms with Crippen LogP contribution in [0.5, 0.6) is 0 Å². The van der Waals surface area contributed by atoms with Crippen molar-refractivity contribution in [2.24, 2.45) is 11.5 Å². The molecule has 0 bridgehead atoms. The van der Waals surface area contributed by atoms with Gasteiger partial charge in [0.2, 0.25) is 35.4 Å². The largest absolute Gasteiger partial charge is 0.481 e. The average Bonchev–Trinajstić information content (AvgIpc) is 3.60. The third-order valence-corrected chi connectivity index (χ3v) is 10.8. The molecule has 1 aliphatic carbocycles. The van der Waals surface area contributed by atoms with E-state index in [0.717, 1.165) is 22.3 Å². The number of nitrogens with one attached hydrogen (secondary N) is 6. The van der Waals surface area contributed by atoms with Gasteiger partial charge in [0.05, 0.1) is 12.8 Å². The number of unbranched alkanes of at least 4 members (excludes halogenated alkanes) is 1. The van der Waals surface area contributed by atoms with Crippen LogP contribution in [0.4, 0.5) is 9.59 Å². The molecule has 22 heteroatoms. The first kappa shape index (κ1) is 54.6. The normalized spacial score (nSPS) is 13.8. The van der Waals surface area contributed by atoms with Crippen LogP contribution in [-0.2, 0) is 54.3 Å². The summed E-state index contributed by atoms with van der Waals surface area (Å²) < 4.78 is 10.8. The number of amides is 8. The maximum absolute atomic E-state index is 14.0. The number of carboxylic acid groups (broad SMARTS) is 2. The van der Waals surface area contributed by atoms with Gasteiger partial charge in [-0.25, -0.2) is 14.4 Å². The molecule has 376 valence electrons. The third-order valence-electron chi connectivity index (χ3n) is 10.8. The zero-order chi connectivity index (χ0) is 51.5. The smallest absolute Gasteiger partial charge is 0.407 e. The van der Waals surface area contributed by atoms with Gasteiger partial charge < -0.3 is 63.1 Å². The number of primary amides is 2. The number of carboxylic acids is 2. The molecule has 0 spiro atoms. The number of aliphatic carboxylic acids is 2. The first-order valence-corrected chi connectivity index (χ1v) is 22.5. The third kappa shape index (κ3) is 17.6. The Morgan fingerprint density at radius 3 is 1.57 bits per heavy atom. The van der Waals surface area contributed by atoms with Crippen LogP contribution in [0.1, 0.15) is 88.3 Å². The van der Waals surface area contributed by atoms with Crippen molar-refractivity contribution < 1.29 is 67.6 Å². The molecule has 0 unspecified atom stereocenters. The molecule has 12 N–H and O–H groups in total. The number of alkyl carbamates (subject to hydrolysis) is 2. The van der Waals surface area contributed by atoms with E-state index in [-0.39, 0.29) is 44.8 Å². The predicted octanol–water partition coefficient (Wildman–Crippen LogP) is 1.47. The quantitative estimate of drug-likeness (QED) is 0.0510. The van der Waals surface area contributed by atoms with Crippen LogP contribution in [0.15, 0.2) is 78.9 Å². The van der Waals surface area contributed by atoms with E-state index in [1.54, 1.807) is 51.1 Å². The SMILES string of the molecule is CC(C)(C)OC(=O)NCCCC[C@H](NC(=O)[C@H](CC(N)=O)NC(=O)[C@H](CC(N)=O)NC(=O)OCC1c2ccccc2-c2ccccc21)C(=O)N[C@@H](CCC(=O)O)C(=O)N[C@@H](Cc1ccccc1)C(=O)O. The number of rotatable bonds is 26. The van der Waals surface area contributed by atoms with Crippen LogP contribution in [0.3, 0.4) is 0 Å². The minimum atomic E-state index is -1.84. The van der Waals surface area contributed by atoms with Gasteiger partial charge in [-0.15, -0.1) is 0 Å². The Labute approximate surface area is 403 Å². The lowest BCUT2D eigenvalue weighted by atomic mass is 9.98. The molecule has 8 amide bonds. The molecule has 70 heavy (non-hydrogen) atoms. The van der Waals surface area contributed by atoms with Crippen molar-refractivity contribution >= 4 is 59.6 Å². The Balaban J connectivity index is 1.51. The molecule has 0 radical (unpaired) electrons.